The van der Waals surface area contributed by atoms with Crippen LogP contribution in [0, 0.1) is 0 Å². The molecule has 2 heterocycles. The predicted molar refractivity (Wildman–Crippen MR) is 134 cm³/mol. The van der Waals surface area contributed by atoms with Crippen LogP contribution in [-0.4, -0.2) is 71.0 Å². The Kier molecular flexibility index (Phi) is 9.25. The van der Waals surface area contributed by atoms with E-state index in [1.807, 2.05) is 19.9 Å². The van der Waals surface area contributed by atoms with Crippen LogP contribution in [0.1, 0.15) is 51.3 Å². The highest BCUT2D eigenvalue weighted by Crippen LogP contribution is 2.42. The third kappa shape index (κ3) is 5.82. The third-order valence-corrected chi connectivity index (χ3v) is 6.14. The monoisotopic (exact) mass is 481 g/mol. The molecule has 0 saturated carbocycles. The molecule has 1 aliphatic rings. The van der Waals surface area contributed by atoms with E-state index in [0.717, 1.165) is 19.6 Å². The molecule has 1 N–H and O–H groups in total. The van der Waals surface area contributed by atoms with Gasteiger partial charge in [0.2, 0.25) is 0 Å². The van der Waals surface area contributed by atoms with Crippen molar-refractivity contribution in [1.29, 1.82) is 0 Å². The van der Waals surface area contributed by atoms with Gasteiger partial charge in [0.05, 0.1) is 24.8 Å². The maximum atomic E-state index is 13.2. The molecule has 0 bridgehead atoms. The number of aromatic nitrogens is 1. The second kappa shape index (κ2) is 12.4. The van der Waals surface area contributed by atoms with Crippen LogP contribution in [0.3, 0.4) is 0 Å². The van der Waals surface area contributed by atoms with Crippen molar-refractivity contribution in [2.24, 2.45) is 0 Å². The van der Waals surface area contributed by atoms with Crippen molar-refractivity contribution < 1.29 is 24.2 Å². The molecule has 188 valence electrons. The molecule has 1 atom stereocenters. The lowest BCUT2D eigenvalue weighted by Crippen LogP contribution is -2.33. The predicted octanol–water partition coefficient (Wildman–Crippen LogP) is 4.03. The zero-order chi connectivity index (χ0) is 25.4. The number of benzene rings is 1. The number of hydrogen-bond donors (Lipinski definition) is 1. The molecule has 1 aromatic carbocycles. The lowest BCUT2D eigenvalue weighted by atomic mass is 9.95. The fourth-order valence-electron chi connectivity index (χ4n) is 4.36. The average Bonchev–Trinajstić information content (AvgIpc) is 3.13. The number of amides is 1. The Hall–Kier alpha value is -3.39. The molecule has 1 saturated heterocycles. The number of ether oxygens (including phenoxy) is 2. The van der Waals surface area contributed by atoms with E-state index in [2.05, 4.69) is 23.7 Å². The molecule has 1 amide bonds. The summed E-state index contributed by atoms with van der Waals surface area (Å²) >= 11 is 0. The number of nitrogens with zero attached hydrogens (tertiary/aromatic N) is 3. The van der Waals surface area contributed by atoms with E-state index < -0.39 is 17.7 Å². The quantitative estimate of drug-likeness (QED) is 0.278. The summed E-state index contributed by atoms with van der Waals surface area (Å²) in [5.41, 5.74) is 1.17. The molecule has 0 radical (unpaired) electrons. The normalized spacial score (nSPS) is 17.3. The maximum Gasteiger partial charge on any atom is 0.295 e. The van der Waals surface area contributed by atoms with Crippen LogP contribution in [0.25, 0.3) is 5.76 Å². The zero-order valence-electron chi connectivity index (χ0n) is 21.0. The van der Waals surface area contributed by atoms with E-state index >= 15 is 0 Å². The van der Waals surface area contributed by atoms with E-state index in [0.29, 0.717) is 48.8 Å². The van der Waals surface area contributed by atoms with Crippen molar-refractivity contribution in [3.63, 3.8) is 0 Å². The molecule has 1 unspecified atom stereocenters. The summed E-state index contributed by atoms with van der Waals surface area (Å²) in [6.45, 7) is 11.9. The van der Waals surface area contributed by atoms with E-state index in [4.69, 9.17) is 9.47 Å². The Morgan fingerprint density at radius 2 is 1.66 bits per heavy atom. The van der Waals surface area contributed by atoms with Crippen molar-refractivity contribution in [2.75, 3.05) is 39.4 Å². The third-order valence-electron chi connectivity index (χ3n) is 6.14. The number of hydrogen-bond acceptors (Lipinski definition) is 7. The highest BCUT2D eigenvalue weighted by atomic mass is 16.5. The first kappa shape index (κ1) is 26.2. The number of ketones is 1. The van der Waals surface area contributed by atoms with E-state index in [9.17, 15) is 14.7 Å². The fraction of sp³-hybridized carbons (Fsp3) is 0.444. The van der Waals surface area contributed by atoms with Gasteiger partial charge in [0, 0.05) is 24.5 Å². The second-order valence-electron chi connectivity index (χ2n) is 8.18. The molecular formula is C27H35N3O5. The summed E-state index contributed by atoms with van der Waals surface area (Å²) < 4.78 is 11.5. The number of carbonyl (C=O) groups excluding carboxylic acids is 2. The summed E-state index contributed by atoms with van der Waals surface area (Å²) in [6.07, 6.45) is 3.78. The molecule has 1 aromatic heterocycles. The van der Waals surface area contributed by atoms with Gasteiger partial charge in [-0.05, 0) is 69.7 Å². The van der Waals surface area contributed by atoms with Gasteiger partial charge in [0.15, 0.2) is 11.5 Å². The fourth-order valence-corrected chi connectivity index (χ4v) is 4.36. The van der Waals surface area contributed by atoms with Gasteiger partial charge < -0.3 is 24.4 Å². The maximum absolute atomic E-state index is 13.2. The van der Waals surface area contributed by atoms with Gasteiger partial charge in [-0.15, -0.1) is 0 Å². The Morgan fingerprint density at radius 1 is 1.00 bits per heavy atom. The van der Waals surface area contributed by atoms with Gasteiger partial charge >= 0.3 is 0 Å². The zero-order valence-corrected chi connectivity index (χ0v) is 21.0. The number of aliphatic hydroxyl groups excluding tert-OH is 1. The van der Waals surface area contributed by atoms with Gasteiger partial charge in [-0.25, -0.2) is 0 Å². The molecule has 0 aliphatic carbocycles. The van der Waals surface area contributed by atoms with Crippen molar-refractivity contribution in [3.8, 4) is 11.5 Å². The van der Waals surface area contributed by atoms with Crippen LogP contribution >= 0.6 is 0 Å². The van der Waals surface area contributed by atoms with E-state index in [1.165, 1.54) is 12.4 Å². The second-order valence-corrected chi connectivity index (χ2v) is 8.18. The van der Waals surface area contributed by atoms with Crippen LogP contribution in [-0.2, 0) is 9.59 Å². The molecule has 2 aromatic rings. The molecule has 35 heavy (non-hydrogen) atoms. The molecule has 1 aliphatic heterocycles. The topological polar surface area (TPSA) is 92.2 Å². The van der Waals surface area contributed by atoms with Gasteiger partial charge in [0.1, 0.15) is 5.76 Å². The van der Waals surface area contributed by atoms with E-state index in [1.54, 1.807) is 29.2 Å². The first-order valence-electron chi connectivity index (χ1n) is 12.3. The van der Waals surface area contributed by atoms with Gasteiger partial charge in [0.25, 0.3) is 11.7 Å². The molecule has 8 heteroatoms. The Labute approximate surface area is 207 Å². The highest BCUT2D eigenvalue weighted by molar-refractivity contribution is 6.46. The number of aliphatic hydroxyl groups is 1. The van der Waals surface area contributed by atoms with Crippen LogP contribution in [0.5, 0.6) is 11.5 Å². The largest absolute Gasteiger partial charge is 0.507 e. The molecule has 8 nitrogen and oxygen atoms in total. The van der Waals surface area contributed by atoms with Crippen molar-refractivity contribution >= 4 is 17.4 Å². The summed E-state index contributed by atoms with van der Waals surface area (Å²) in [5.74, 6) is -0.403. The lowest BCUT2D eigenvalue weighted by molar-refractivity contribution is -0.140. The molecule has 1 fully saturated rings. The average molecular weight is 482 g/mol. The minimum absolute atomic E-state index is 0.0654. The lowest BCUT2D eigenvalue weighted by Gasteiger charge is -2.27. The highest BCUT2D eigenvalue weighted by Gasteiger charge is 2.46. The number of Topliss-reactive ketones (excluding diaryl/α,β-unsaturated/α-hetero) is 1. The van der Waals surface area contributed by atoms with E-state index in [-0.39, 0.29) is 11.3 Å². The first-order chi connectivity index (χ1) is 17.0. The summed E-state index contributed by atoms with van der Waals surface area (Å²) in [6, 6.07) is 7.89. The number of carbonyl (C=O) groups is 2. The van der Waals surface area contributed by atoms with Gasteiger partial charge in [-0.1, -0.05) is 19.9 Å². The Bertz CT molecular complexity index is 1050. The van der Waals surface area contributed by atoms with Crippen molar-refractivity contribution in [1.82, 2.24) is 14.8 Å². The molecule has 0 spiro atoms. The minimum Gasteiger partial charge on any atom is -0.507 e. The smallest absolute Gasteiger partial charge is 0.295 e. The SMILES string of the molecule is CCOc1ccc(C2/C(=C(\O)c3ccncc3)C(=O)C(=O)N2CCCN(CC)CC)cc1OCC. The van der Waals surface area contributed by atoms with Crippen LogP contribution in [0.4, 0.5) is 0 Å². The first-order valence-corrected chi connectivity index (χ1v) is 12.3. The number of rotatable bonds is 12. The summed E-state index contributed by atoms with van der Waals surface area (Å²) in [4.78, 5) is 34.2. The van der Waals surface area contributed by atoms with Crippen LogP contribution in [0.15, 0.2) is 48.3 Å². The molecular weight excluding hydrogens is 446 g/mol. The van der Waals surface area contributed by atoms with Gasteiger partial charge in [-0.3, -0.25) is 14.6 Å². The Morgan fingerprint density at radius 3 is 2.29 bits per heavy atom. The summed E-state index contributed by atoms with van der Waals surface area (Å²) in [7, 11) is 0. The van der Waals surface area contributed by atoms with Crippen molar-refractivity contribution in [2.45, 2.75) is 40.2 Å². The Balaban J connectivity index is 2.08. The van der Waals surface area contributed by atoms with Crippen LogP contribution < -0.4 is 9.47 Å². The molecule has 3 rings (SSSR count). The van der Waals surface area contributed by atoms with Gasteiger partial charge in [-0.2, -0.15) is 0 Å². The van der Waals surface area contributed by atoms with Crippen LogP contribution in [0.2, 0.25) is 0 Å². The minimum atomic E-state index is -0.741. The van der Waals surface area contributed by atoms with Crippen molar-refractivity contribution in [3.05, 3.63) is 59.4 Å². The number of pyridine rings is 1. The standard InChI is InChI=1S/C27H35N3O5/c1-5-29(6-2)16-9-17-30-24(20-10-11-21(34-7-3)22(18-20)35-8-4)23(26(32)27(30)33)25(31)19-12-14-28-15-13-19/h10-15,18,24,31H,5-9,16-17H2,1-4H3/b25-23+. The number of likely N-dealkylation sites (tertiary alicyclic amines) is 1. The summed E-state index contributed by atoms with van der Waals surface area (Å²) in [5, 5.41) is 11.1.